The van der Waals surface area contributed by atoms with E-state index in [1.807, 2.05) is 0 Å². The monoisotopic (exact) mass is 511 g/mol. The summed E-state index contributed by atoms with van der Waals surface area (Å²) in [6.45, 7) is 1.80. The van der Waals surface area contributed by atoms with E-state index in [2.05, 4.69) is 0 Å². The van der Waals surface area contributed by atoms with Crippen molar-refractivity contribution in [3.63, 3.8) is 0 Å². The maximum absolute atomic E-state index is 12.8. The van der Waals surface area contributed by atoms with Crippen LogP contribution in [0.5, 0.6) is 11.5 Å². The normalized spacial score (nSPS) is 15.8. The predicted molar refractivity (Wildman–Crippen MR) is 130 cm³/mol. The highest BCUT2D eigenvalue weighted by molar-refractivity contribution is 8.26. The molecule has 0 bridgehead atoms. The number of methoxy groups -OCH3 is 2. The minimum absolute atomic E-state index is 0.232. The third-order valence-electron chi connectivity index (χ3n) is 4.64. The zero-order valence-electron chi connectivity index (χ0n) is 17.4. The lowest BCUT2D eigenvalue weighted by molar-refractivity contribution is -0.147. The molecule has 1 saturated heterocycles. The van der Waals surface area contributed by atoms with E-state index < -0.39 is 12.0 Å². The lowest BCUT2D eigenvalue weighted by Gasteiger charge is -2.20. The fourth-order valence-corrected chi connectivity index (χ4v) is 4.81. The number of nitrogens with zero attached hydrogens (tertiary/aromatic N) is 1. The predicted octanol–water partition coefficient (Wildman–Crippen LogP) is 5.34. The third-order valence-corrected chi connectivity index (χ3v) is 6.55. The van der Waals surface area contributed by atoms with Crippen LogP contribution >= 0.6 is 47.2 Å². The number of rotatable bonds is 7. The molecule has 1 fully saturated rings. The number of halogens is 2. The second kappa shape index (κ2) is 10.6. The number of benzene rings is 2. The van der Waals surface area contributed by atoms with E-state index in [1.165, 1.54) is 19.1 Å². The smallest absolute Gasteiger partial charge is 0.328 e. The zero-order chi connectivity index (χ0) is 23.4. The first kappa shape index (κ1) is 24.4. The summed E-state index contributed by atoms with van der Waals surface area (Å²) >= 11 is 18.5. The van der Waals surface area contributed by atoms with Crippen LogP contribution in [0.4, 0.5) is 0 Å². The summed E-state index contributed by atoms with van der Waals surface area (Å²) in [4.78, 5) is 26.3. The summed E-state index contributed by atoms with van der Waals surface area (Å²) in [5.74, 6) is 0.117. The van der Waals surface area contributed by atoms with Gasteiger partial charge in [0.25, 0.3) is 5.91 Å². The molecule has 0 radical (unpaired) electrons. The van der Waals surface area contributed by atoms with Gasteiger partial charge in [-0.05, 0) is 42.8 Å². The van der Waals surface area contributed by atoms with Crippen molar-refractivity contribution < 1.29 is 23.8 Å². The number of ether oxygens (including phenoxy) is 3. The Labute approximate surface area is 205 Å². The van der Waals surface area contributed by atoms with Gasteiger partial charge in [-0.1, -0.05) is 59.3 Å². The van der Waals surface area contributed by atoms with Crippen LogP contribution in [-0.2, 0) is 20.9 Å². The van der Waals surface area contributed by atoms with Gasteiger partial charge in [0.05, 0.1) is 19.1 Å². The number of thiocarbonyl (C=S) groups is 1. The van der Waals surface area contributed by atoms with Gasteiger partial charge in [-0.2, -0.15) is 0 Å². The first-order chi connectivity index (χ1) is 15.2. The Balaban J connectivity index is 1.78. The van der Waals surface area contributed by atoms with Gasteiger partial charge < -0.3 is 14.2 Å². The van der Waals surface area contributed by atoms with Crippen LogP contribution < -0.4 is 9.47 Å². The molecule has 0 aliphatic carbocycles. The molecule has 0 saturated carbocycles. The molecule has 10 heteroatoms. The molecule has 168 valence electrons. The topological polar surface area (TPSA) is 65.1 Å². The molecule has 1 amide bonds. The lowest BCUT2D eigenvalue weighted by atomic mass is 10.1. The number of carbonyl (C=O) groups excluding carboxylic acids is 2. The minimum atomic E-state index is -0.802. The van der Waals surface area contributed by atoms with Crippen LogP contribution in [-0.4, -0.2) is 41.4 Å². The third kappa shape index (κ3) is 5.38. The molecular formula is C22H19Cl2NO5S2. The number of hydrogen-bond donors (Lipinski definition) is 0. The second-order valence-corrected chi connectivity index (χ2v) is 9.20. The zero-order valence-corrected chi connectivity index (χ0v) is 20.5. The van der Waals surface area contributed by atoms with Crippen LogP contribution in [0, 0.1) is 0 Å². The number of esters is 1. The highest BCUT2D eigenvalue weighted by Gasteiger charge is 2.38. The van der Waals surface area contributed by atoms with Gasteiger partial charge >= 0.3 is 5.97 Å². The van der Waals surface area contributed by atoms with E-state index in [4.69, 9.17) is 49.6 Å². The van der Waals surface area contributed by atoms with Gasteiger partial charge in [-0.3, -0.25) is 9.69 Å². The summed E-state index contributed by atoms with van der Waals surface area (Å²) in [6.07, 6.45) is 1.69. The molecule has 0 spiro atoms. The van der Waals surface area contributed by atoms with E-state index in [0.717, 1.165) is 17.3 Å². The Bertz CT molecular complexity index is 1110. The number of carbonyl (C=O) groups is 2. The van der Waals surface area contributed by atoms with Crippen molar-refractivity contribution in [2.24, 2.45) is 0 Å². The molecule has 0 N–H and O–H groups in total. The molecule has 0 unspecified atom stereocenters. The highest BCUT2D eigenvalue weighted by atomic mass is 35.5. The second-order valence-electron chi connectivity index (χ2n) is 6.69. The van der Waals surface area contributed by atoms with Crippen molar-refractivity contribution in [1.82, 2.24) is 4.90 Å². The van der Waals surface area contributed by atoms with Crippen LogP contribution in [0.15, 0.2) is 41.3 Å². The van der Waals surface area contributed by atoms with Gasteiger partial charge in [0.1, 0.15) is 17.0 Å². The molecule has 2 aromatic rings. The maximum atomic E-state index is 12.8. The average Bonchev–Trinajstić information content (AvgIpc) is 3.05. The number of amides is 1. The molecule has 1 heterocycles. The van der Waals surface area contributed by atoms with Gasteiger partial charge in [0, 0.05) is 15.6 Å². The van der Waals surface area contributed by atoms with Crippen molar-refractivity contribution in [3.8, 4) is 11.5 Å². The Morgan fingerprint density at radius 1 is 1.19 bits per heavy atom. The Morgan fingerprint density at radius 3 is 2.59 bits per heavy atom. The first-order valence-corrected chi connectivity index (χ1v) is 11.3. The molecule has 32 heavy (non-hydrogen) atoms. The van der Waals surface area contributed by atoms with Crippen molar-refractivity contribution in [1.29, 1.82) is 0 Å². The lowest BCUT2D eigenvalue weighted by Crippen LogP contribution is -2.42. The molecule has 3 rings (SSSR count). The summed E-state index contributed by atoms with van der Waals surface area (Å²) in [7, 11) is 2.79. The molecule has 1 aliphatic rings. The summed E-state index contributed by atoms with van der Waals surface area (Å²) in [6, 6.07) is 9.66. The molecule has 1 atom stereocenters. The van der Waals surface area contributed by atoms with Crippen LogP contribution in [0.25, 0.3) is 6.08 Å². The standard InChI is InChI=1S/C22H19Cl2NO5S2/c1-12(21(27)29-3)25-20(26)19(32-22(25)31)9-13-4-7-17(18(8-13)28-2)30-11-14-5-6-15(23)10-16(14)24/h4-10,12H,11H2,1-3H3/b19-9-/t12-/m0/s1. The van der Waals surface area contributed by atoms with Gasteiger partial charge in [-0.25, -0.2) is 4.79 Å². The van der Waals surface area contributed by atoms with Crippen molar-refractivity contribution >= 4 is 69.5 Å². The fourth-order valence-electron chi connectivity index (χ4n) is 2.93. The van der Waals surface area contributed by atoms with Crippen LogP contribution in [0.1, 0.15) is 18.1 Å². The molecule has 2 aromatic carbocycles. The quantitative estimate of drug-likeness (QED) is 0.282. The van der Waals surface area contributed by atoms with Gasteiger partial charge in [0.2, 0.25) is 0 Å². The van der Waals surface area contributed by atoms with Gasteiger partial charge in [0.15, 0.2) is 11.5 Å². The van der Waals surface area contributed by atoms with E-state index in [1.54, 1.807) is 49.4 Å². The number of thioether (sulfide) groups is 1. The van der Waals surface area contributed by atoms with Crippen molar-refractivity contribution in [3.05, 3.63) is 62.5 Å². The van der Waals surface area contributed by atoms with Crippen molar-refractivity contribution in [2.45, 2.75) is 19.6 Å². The molecular weight excluding hydrogens is 493 g/mol. The van der Waals surface area contributed by atoms with E-state index in [9.17, 15) is 9.59 Å². The summed E-state index contributed by atoms with van der Waals surface area (Å²) in [5, 5.41) is 1.06. The van der Waals surface area contributed by atoms with Gasteiger partial charge in [-0.15, -0.1) is 0 Å². The van der Waals surface area contributed by atoms with E-state index in [0.29, 0.717) is 36.3 Å². The first-order valence-electron chi connectivity index (χ1n) is 9.34. The minimum Gasteiger partial charge on any atom is -0.493 e. The Kier molecular flexibility index (Phi) is 8.05. The average molecular weight is 512 g/mol. The fraction of sp³-hybridized carbons (Fsp3) is 0.227. The largest absolute Gasteiger partial charge is 0.493 e. The van der Waals surface area contributed by atoms with E-state index in [-0.39, 0.29) is 12.5 Å². The molecule has 1 aliphatic heterocycles. The SMILES string of the molecule is COC(=O)[C@H](C)N1C(=O)/C(=C/c2ccc(OCc3ccc(Cl)cc3Cl)c(OC)c2)SC1=S. The van der Waals surface area contributed by atoms with E-state index >= 15 is 0 Å². The van der Waals surface area contributed by atoms with Crippen LogP contribution in [0.2, 0.25) is 10.0 Å². The Morgan fingerprint density at radius 2 is 1.94 bits per heavy atom. The van der Waals surface area contributed by atoms with Crippen LogP contribution in [0.3, 0.4) is 0 Å². The maximum Gasteiger partial charge on any atom is 0.328 e. The Hall–Kier alpha value is -2.26. The van der Waals surface area contributed by atoms with Crippen molar-refractivity contribution in [2.75, 3.05) is 14.2 Å². The molecule has 0 aromatic heterocycles. The highest BCUT2D eigenvalue weighted by Crippen LogP contribution is 2.36. The number of hydrogen-bond acceptors (Lipinski definition) is 7. The summed E-state index contributed by atoms with van der Waals surface area (Å²) in [5.41, 5.74) is 1.50. The molecule has 6 nitrogen and oxygen atoms in total. The summed E-state index contributed by atoms with van der Waals surface area (Å²) < 4.78 is 16.3.